The summed E-state index contributed by atoms with van der Waals surface area (Å²) in [5, 5.41) is 10.6. The summed E-state index contributed by atoms with van der Waals surface area (Å²) in [6.45, 7) is 13.9. The first kappa shape index (κ1) is 29.7. The van der Waals surface area contributed by atoms with E-state index >= 15 is 0 Å². The molecule has 0 aromatic heterocycles. The molecule has 0 saturated heterocycles. The lowest BCUT2D eigenvalue weighted by atomic mass is 9.61. The van der Waals surface area contributed by atoms with E-state index in [9.17, 15) is 0 Å². The average Bonchev–Trinajstić information content (AvgIpc) is 3.11. The molecular weight excluding hydrogens is 601 g/mol. The Bertz CT molecular complexity index is 2670. The molecular formula is C50H42. The van der Waals surface area contributed by atoms with Crippen molar-refractivity contribution in [3.05, 3.63) is 173 Å². The fraction of sp³-hybridized carbons (Fsp3) is 0.200. The first-order valence-electron chi connectivity index (χ1n) is 18.2. The molecule has 50 heavy (non-hydrogen) atoms. The van der Waals surface area contributed by atoms with Gasteiger partial charge in [0.25, 0.3) is 0 Å². The van der Waals surface area contributed by atoms with Crippen LogP contribution >= 0.6 is 0 Å². The Hall–Kier alpha value is -5.20. The zero-order chi connectivity index (χ0) is 34.1. The van der Waals surface area contributed by atoms with E-state index in [0.29, 0.717) is 11.8 Å². The number of benzene rings is 6. The molecule has 0 heterocycles. The number of allylic oxidation sites excluding steroid dienone is 14. The van der Waals surface area contributed by atoms with Crippen LogP contribution in [-0.2, 0) is 5.41 Å². The van der Waals surface area contributed by atoms with Gasteiger partial charge in [-0.1, -0.05) is 163 Å². The van der Waals surface area contributed by atoms with Crippen molar-refractivity contribution < 1.29 is 0 Å². The van der Waals surface area contributed by atoms with Gasteiger partial charge in [-0.25, -0.2) is 0 Å². The summed E-state index contributed by atoms with van der Waals surface area (Å²) in [6, 6.07) is 32.8. The molecule has 0 N–H and O–H groups in total. The summed E-state index contributed by atoms with van der Waals surface area (Å²) < 4.78 is 0. The van der Waals surface area contributed by atoms with Gasteiger partial charge in [0.15, 0.2) is 0 Å². The highest BCUT2D eigenvalue weighted by Gasteiger charge is 2.40. The van der Waals surface area contributed by atoms with E-state index in [1.165, 1.54) is 98.8 Å². The van der Waals surface area contributed by atoms with Gasteiger partial charge in [0.2, 0.25) is 0 Å². The standard InChI is InChI=1S/C50H42/c1-49(2,3)39-25-35-13-7-29-15-19-41(43-21-17-37(27-39)45(35)47(29)43)33-11-9-32-24-34(12-10-31(32)23-33)42-20-16-30-8-14-36-26-40(50(4,5)6)28-38-18-22-44(42)48(30)46(36)38/h7-28,45,47H,1-6H3. The van der Waals surface area contributed by atoms with Crippen molar-refractivity contribution in [2.45, 2.75) is 47.0 Å². The van der Waals surface area contributed by atoms with Gasteiger partial charge in [0, 0.05) is 11.8 Å². The number of hydrogen-bond acceptors (Lipinski definition) is 0. The highest BCUT2D eigenvalue weighted by molar-refractivity contribution is 6.25. The summed E-state index contributed by atoms with van der Waals surface area (Å²) in [5.74, 6) is 0.770. The summed E-state index contributed by atoms with van der Waals surface area (Å²) in [6.07, 6.45) is 19.1. The summed E-state index contributed by atoms with van der Waals surface area (Å²) in [7, 11) is 0. The molecule has 0 spiro atoms. The van der Waals surface area contributed by atoms with Gasteiger partial charge >= 0.3 is 0 Å². The normalized spacial score (nSPS) is 20.0. The zero-order valence-electron chi connectivity index (χ0n) is 29.9. The SMILES string of the molecule is CC(C)(C)C1=CC2=CC=C3C(c4ccc5cc(-c6ccc7ccc8cc(C(C)(C)C)cc9ccc6c7c89)ccc5c4)=CC=C4C=CC(=C1)C2C43. The number of fused-ring (bicyclic) bond motifs is 1. The lowest BCUT2D eigenvalue weighted by Gasteiger charge is -2.42. The Labute approximate surface area is 295 Å². The smallest absolute Gasteiger partial charge is 0.0205 e. The molecule has 0 aliphatic heterocycles. The molecule has 0 bridgehead atoms. The molecule has 0 fully saturated rings. The van der Waals surface area contributed by atoms with E-state index in [4.69, 9.17) is 0 Å². The monoisotopic (exact) mass is 642 g/mol. The van der Waals surface area contributed by atoms with Crippen molar-refractivity contribution in [3.63, 3.8) is 0 Å². The highest BCUT2D eigenvalue weighted by Crippen LogP contribution is 2.53. The van der Waals surface area contributed by atoms with Crippen LogP contribution in [0.4, 0.5) is 0 Å². The Balaban J connectivity index is 1.05. The van der Waals surface area contributed by atoms with E-state index in [0.717, 1.165) is 0 Å². The molecule has 4 aliphatic rings. The van der Waals surface area contributed by atoms with E-state index in [1.807, 2.05) is 0 Å². The Kier molecular flexibility index (Phi) is 6.04. The molecule has 0 saturated carbocycles. The second kappa shape index (κ2) is 10.2. The molecule has 0 nitrogen and oxygen atoms in total. The van der Waals surface area contributed by atoms with Crippen molar-refractivity contribution in [2.24, 2.45) is 17.3 Å². The van der Waals surface area contributed by atoms with Crippen LogP contribution in [0.3, 0.4) is 0 Å². The van der Waals surface area contributed by atoms with Crippen LogP contribution in [0, 0.1) is 17.3 Å². The minimum Gasteiger partial charge on any atom is -0.0581 e. The minimum absolute atomic E-state index is 0.110. The van der Waals surface area contributed by atoms with Crippen molar-refractivity contribution in [3.8, 4) is 11.1 Å². The fourth-order valence-electron chi connectivity index (χ4n) is 9.07. The molecule has 0 heteroatoms. The van der Waals surface area contributed by atoms with Crippen LogP contribution in [0.25, 0.3) is 59.8 Å². The summed E-state index contributed by atoms with van der Waals surface area (Å²) >= 11 is 0. The lowest BCUT2D eigenvalue weighted by Crippen LogP contribution is -2.30. The zero-order valence-corrected chi connectivity index (χ0v) is 29.9. The van der Waals surface area contributed by atoms with Crippen molar-refractivity contribution >= 4 is 48.7 Å². The maximum Gasteiger partial charge on any atom is 0.0205 e. The molecule has 6 aromatic rings. The number of rotatable bonds is 2. The van der Waals surface area contributed by atoms with E-state index in [1.54, 1.807) is 0 Å². The van der Waals surface area contributed by atoms with E-state index in [2.05, 4.69) is 175 Å². The third-order valence-electron chi connectivity index (χ3n) is 11.9. The maximum absolute atomic E-state index is 2.45. The molecule has 242 valence electrons. The highest BCUT2D eigenvalue weighted by atomic mass is 14.4. The van der Waals surface area contributed by atoms with E-state index < -0.39 is 0 Å². The topological polar surface area (TPSA) is 0 Å². The van der Waals surface area contributed by atoms with Crippen molar-refractivity contribution in [1.29, 1.82) is 0 Å². The molecule has 4 aliphatic carbocycles. The summed E-state index contributed by atoms with van der Waals surface area (Å²) in [5.41, 5.74) is 14.0. The van der Waals surface area contributed by atoms with Gasteiger partial charge in [-0.15, -0.1) is 0 Å². The first-order chi connectivity index (χ1) is 24.0. The molecule has 10 rings (SSSR count). The predicted octanol–water partition coefficient (Wildman–Crippen LogP) is 13.6. The Morgan fingerprint density at radius 1 is 0.460 bits per heavy atom. The summed E-state index contributed by atoms with van der Waals surface area (Å²) in [4.78, 5) is 0. The van der Waals surface area contributed by atoms with Crippen molar-refractivity contribution in [1.82, 2.24) is 0 Å². The Morgan fingerprint density at radius 3 is 1.86 bits per heavy atom. The number of hydrogen-bond donors (Lipinski definition) is 0. The van der Waals surface area contributed by atoms with Crippen LogP contribution < -0.4 is 0 Å². The predicted molar refractivity (Wildman–Crippen MR) is 216 cm³/mol. The fourth-order valence-corrected chi connectivity index (χ4v) is 9.07. The second-order valence-electron chi connectivity index (χ2n) is 17.0. The lowest BCUT2D eigenvalue weighted by molar-refractivity contribution is 0.500. The van der Waals surface area contributed by atoms with Gasteiger partial charge in [-0.3, -0.25) is 0 Å². The largest absolute Gasteiger partial charge is 0.0581 e. The second-order valence-corrected chi connectivity index (χ2v) is 17.0. The van der Waals surface area contributed by atoms with Gasteiger partial charge in [0.1, 0.15) is 0 Å². The van der Waals surface area contributed by atoms with E-state index in [-0.39, 0.29) is 10.8 Å². The third kappa shape index (κ3) is 4.37. The molecule has 0 radical (unpaired) electrons. The van der Waals surface area contributed by atoms with Crippen LogP contribution in [0.2, 0.25) is 0 Å². The molecule has 2 unspecified atom stereocenters. The molecule has 6 aromatic carbocycles. The minimum atomic E-state index is 0.110. The maximum atomic E-state index is 2.45. The molecule has 2 atom stereocenters. The average molecular weight is 643 g/mol. The molecule has 0 amide bonds. The quantitative estimate of drug-likeness (QED) is 0.165. The Morgan fingerprint density at radius 2 is 1.10 bits per heavy atom. The van der Waals surface area contributed by atoms with Gasteiger partial charge < -0.3 is 0 Å². The van der Waals surface area contributed by atoms with Crippen LogP contribution in [0.1, 0.15) is 52.7 Å². The van der Waals surface area contributed by atoms with Gasteiger partial charge in [0.05, 0.1) is 0 Å². The first-order valence-corrected chi connectivity index (χ1v) is 18.2. The third-order valence-corrected chi connectivity index (χ3v) is 11.9. The van der Waals surface area contributed by atoms with Crippen molar-refractivity contribution in [2.75, 3.05) is 0 Å². The van der Waals surface area contributed by atoms with Crippen LogP contribution in [0.5, 0.6) is 0 Å². The van der Waals surface area contributed by atoms with Crippen LogP contribution in [0.15, 0.2) is 161 Å². The van der Waals surface area contributed by atoms with Crippen LogP contribution in [-0.4, -0.2) is 0 Å². The van der Waals surface area contributed by atoms with Gasteiger partial charge in [-0.2, -0.15) is 0 Å². The van der Waals surface area contributed by atoms with Gasteiger partial charge in [-0.05, 0) is 122 Å².